The minimum atomic E-state index is 0.797. The summed E-state index contributed by atoms with van der Waals surface area (Å²) in [6, 6.07) is 58.8. The second kappa shape index (κ2) is 11.2. The van der Waals surface area contributed by atoms with Gasteiger partial charge in [-0.1, -0.05) is 121 Å². The number of aromatic nitrogens is 6. The molecule has 0 aliphatic heterocycles. The molecule has 7 aromatic carbocycles. The predicted molar refractivity (Wildman–Crippen MR) is 212 cm³/mol. The van der Waals surface area contributed by atoms with E-state index in [1.54, 1.807) is 0 Å². The van der Waals surface area contributed by atoms with Gasteiger partial charge in [-0.3, -0.25) is 9.13 Å². The Hall–Kier alpha value is -7.18. The van der Waals surface area contributed by atoms with Gasteiger partial charge in [0.2, 0.25) is 0 Å². The molecule has 0 N–H and O–H groups in total. The lowest BCUT2D eigenvalue weighted by Gasteiger charge is -2.14. The Morgan fingerprint density at radius 3 is 1.06 bits per heavy atom. The van der Waals surface area contributed by atoms with Crippen LogP contribution in [0.4, 0.5) is 0 Å². The van der Waals surface area contributed by atoms with Crippen LogP contribution in [-0.2, 0) is 0 Å². The first-order valence-electron chi connectivity index (χ1n) is 17.4. The van der Waals surface area contributed by atoms with E-state index in [0.717, 1.165) is 99.8 Å². The van der Waals surface area contributed by atoms with Gasteiger partial charge in [-0.05, 0) is 48.5 Å². The molecular weight excluding hydrogens is 637 g/mol. The van der Waals surface area contributed by atoms with Crippen LogP contribution in [0.1, 0.15) is 0 Å². The van der Waals surface area contributed by atoms with Gasteiger partial charge in [0.05, 0.1) is 44.1 Å². The molecular formula is C46H28N6. The van der Waals surface area contributed by atoms with Gasteiger partial charge in [0.1, 0.15) is 11.4 Å². The minimum Gasteiger partial charge on any atom is -0.292 e. The fraction of sp³-hybridized carbons (Fsp3) is 0. The van der Waals surface area contributed by atoms with Crippen LogP contribution in [0.15, 0.2) is 170 Å². The molecule has 0 unspecified atom stereocenters. The van der Waals surface area contributed by atoms with Crippen LogP contribution in [0.25, 0.3) is 99.8 Å². The lowest BCUT2D eigenvalue weighted by molar-refractivity contribution is 1.08. The Labute approximate surface area is 297 Å². The van der Waals surface area contributed by atoms with E-state index in [4.69, 9.17) is 19.9 Å². The Bertz CT molecular complexity index is 2960. The van der Waals surface area contributed by atoms with Crippen molar-refractivity contribution in [1.82, 2.24) is 29.1 Å². The van der Waals surface area contributed by atoms with Crippen molar-refractivity contribution in [2.75, 3.05) is 0 Å². The Morgan fingerprint density at radius 2 is 0.635 bits per heavy atom. The minimum absolute atomic E-state index is 0.797. The third-order valence-electron chi connectivity index (χ3n) is 10.1. The quantitative estimate of drug-likeness (QED) is 0.188. The maximum Gasteiger partial charge on any atom is 0.165 e. The van der Waals surface area contributed by atoms with E-state index in [-0.39, 0.29) is 0 Å². The van der Waals surface area contributed by atoms with E-state index in [2.05, 4.69) is 118 Å². The molecule has 0 bridgehead atoms. The van der Waals surface area contributed by atoms with Gasteiger partial charge in [-0.2, -0.15) is 0 Å². The van der Waals surface area contributed by atoms with Crippen LogP contribution in [0.3, 0.4) is 0 Å². The molecule has 11 rings (SSSR count). The average Bonchev–Trinajstić information content (AvgIpc) is 3.71. The normalized spacial score (nSPS) is 11.8. The Balaban J connectivity index is 1.28. The fourth-order valence-corrected chi connectivity index (χ4v) is 7.76. The molecule has 0 radical (unpaired) electrons. The van der Waals surface area contributed by atoms with Crippen LogP contribution in [0.2, 0.25) is 0 Å². The summed E-state index contributed by atoms with van der Waals surface area (Å²) in [6.45, 7) is 0. The van der Waals surface area contributed by atoms with E-state index in [0.29, 0.717) is 0 Å². The van der Waals surface area contributed by atoms with E-state index in [1.807, 2.05) is 60.7 Å². The monoisotopic (exact) mass is 664 g/mol. The Morgan fingerprint density at radius 1 is 0.288 bits per heavy atom. The van der Waals surface area contributed by atoms with E-state index in [1.165, 1.54) is 0 Å². The number of rotatable bonds is 4. The van der Waals surface area contributed by atoms with Crippen LogP contribution < -0.4 is 0 Å². The van der Waals surface area contributed by atoms with Crippen LogP contribution in [0, 0.1) is 0 Å². The van der Waals surface area contributed by atoms with Crippen molar-refractivity contribution in [3.8, 4) is 34.2 Å². The fourth-order valence-electron chi connectivity index (χ4n) is 7.76. The molecule has 0 saturated carbocycles. The third-order valence-corrected chi connectivity index (χ3v) is 10.1. The average molecular weight is 665 g/mol. The zero-order chi connectivity index (χ0) is 34.2. The molecule has 4 aromatic heterocycles. The lowest BCUT2D eigenvalue weighted by Crippen LogP contribution is -2.04. The summed E-state index contributed by atoms with van der Waals surface area (Å²) in [6.07, 6.45) is 0. The summed E-state index contributed by atoms with van der Waals surface area (Å²) in [5, 5.41) is 4.52. The molecule has 52 heavy (non-hydrogen) atoms. The summed E-state index contributed by atoms with van der Waals surface area (Å²) in [5.41, 5.74) is 11.4. The molecule has 0 atom stereocenters. The maximum atomic E-state index is 5.34. The highest BCUT2D eigenvalue weighted by Gasteiger charge is 2.23. The summed E-state index contributed by atoms with van der Waals surface area (Å²) in [7, 11) is 0. The number of hydrogen-bond donors (Lipinski definition) is 0. The number of fused-ring (bicyclic) bond motifs is 8. The molecule has 6 nitrogen and oxygen atoms in total. The third kappa shape index (κ3) is 4.25. The van der Waals surface area contributed by atoms with Crippen molar-refractivity contribution >= 4 is 65.7 Å². The zero-order valence-electron chi connectivity index (χ0n) is 27.8. The molecule has 0 amide bonds. The molecule has 0 aliphatic carbocycles. The van der Waals surface area contributed by atoms with Gasteiger partial charge in [0.15, 0.2) is 11.6 Å². The summed E-state index contributed by atoms with van der Waals surface area (Å²) in [5.74, 6) is 1.59. The molecule has 0 fully saturated rings. The first-order chi connectivity index (χ1) is 25.8. The maximum absolute atomic E-state index is 5.34. The van der Waals surface area contributed by atoms with Gasteiger partial charge in [0.25, 0.3) is 0 Å². The SMILES string of the molecule is c1ccc(-c2nc3ccccc3nc2-n2c3ccccc3c3cc4c(cc32)c2ccccc2n4-c2nc3ccccc3nc2-c2ccccc2)cc1. The predicted octanol–water partition coefficient (Wildman–Crippen LogP) is 11.1. The summed E-state index contributed by atoms with van der Waals surface area (Å²) >= 11 is 0. The first-order valence-corrected chi connectivity index (χ1v) is 17.4. The standard InChI is InChI=1S/C46H28N6/c1-3-15-29(16-4-1)43-45(49-37-23-11-9-21-35(37)47-43)51-39-25-13-7-19-31(39)33-28-42-34(27-41(33)51)32-20-8-14-26-40(32)52(42)46-44(30-17-5-2-6-18-30)48-36-22-10-12-24-38(36)50-46/h1-28H. The van der Waals surface area contributed by atoms with Crippen LogP contribution in [0.5, 0.6) is 0 Å². The molecule has 11 aromatic rings. The van der Waals surface area contributed by atoms with E-state index >= 15 is 0 Å². The van der Waals surface area contributed by atoms with Crippen molar-refractivity contribution in [3.63, 3.8) is 0 Å². The molecule has 0 spiro atoms. The highest BCUT2D eigenvalue weighted by molar-refractivity contribution is 6.19. The smallest absolute Gasteiger partial charge is 0.165 e. The van der Waals surface area contributed by atoms with Gasteiger partial charge in [-0.15, -0.1) is 0 Å². The molecule has 6 heteroatoms. The van der Waals surface area contributed by atoms with Crippen molar-refractivity contribution in [2.45, 2.75) is 0 Å². The number of nitrogens with zero attached hydrogens (tertiary/aromatic N) is 6. The Kier molecular flexibility index (Phi) is 6.15. The van der Waals surface area contributed by atoms with Gasteiger partial charge in [0, 0.05) is 32.7 Å². The molecule has 0 saturated heterocycles. The first kappa shape index (κ1) is 28.6. The number of hydrogen-bond acceptors (Lipinski definition) is 4. The van der Waals surface area contributed by atoms with E-state index < -0.39 is 0 Å². The molecule has 0 aliphatic rings. The largest absolute Gasteiger partial charge is 0.292 e. The van der Waals surface area contributed by atoms with Crippen molar-refractivity contribution < 1.29 is 0 Å². The molecule has 242 valence electrons. The number of para-hydroxylation sites is 6. The van der Waals surface area contributed by atoms with E-state index in [9.17, 15) is 0 Å². The van der Waals surface area contributed by atoms with Crippen LogP contribution >= 0.6 is 0 Å². The summed E-state index contributed by atoms with van der Waals surface area (Å²) < 4.78 is 4.59. The topological polar surface area (TPSA) is 61.4 Å². The molecule has 4 heterocycles. The second-order valence-electron chi connectivity index (χ2n) is 13.1. The summed E-state index contributed by atoms with van der Waals surface area (Å²) in [4.78, 5) is 21.1. The van der Waals surface area contributed by atoms with Gasteiger partial charge < -0.3 is 0 Å². The number of benzene rings is 7. The van der Waals surface area contributed by atoms with Crippen LogP contribution in [-0.4, -0.2) is 29.1 Å². The zero-order valence-corrected chi connectivity index (χ0v) is 27.8. The van der Waals surface area contributed by atoms with Crippen molar-refractivity contribution in [1.29, 1.82) is 0 Å². The lowest BCUT2D eigenvalue weighted by atomic mass is 10.1. The highest BCUT2D eigenvalue weighted by atomic mass is 15.1. The van der Waals surface area contributed by atoms with Gasteiger partial charge in [-0.25, -0.2) is 19.9 Å². The van der Waals surface area contributed by atoms with Crippen molar-refractivity contribution in [3.05, 3.63) is 170 Å². The second-order valence-corrected chi connectivity index (χ2v) is 13.1. The van der Waals surface area contributed by atoms with Crippen molar-refractivity contribution in [2.24, 2.45) is 0 Å². The highest BCUT2D eigenvalue weighted by Crippen LogP contribution is 2.41. The van der Waals surface area contributed by atoms with Gasteiger partial charge >= 0.3 is 0 Å².